The molecule has 102 valence electrons. The van der Waals surface area contributed by atoms with Crippen LogP contribution in [0.1, 0.15) is 12.5 Å². The molecule has 4 nitrogen and oxygen atoms in total. The van der Waals surface area contributed by atoms with Crippen molar-refractivity contribution < 1.29 is 12.8 Å². The summed E-state index contributed by atoms with van der Waals surface area (Å²) in [7, 11) is -3.65. The van der Waals surface area contributed by atoms with Gasteiger partial charge in [0.2, 0.25) is 10.0 Å². The molecule has 0 spiro atoms. The maximum Gasteiger partial charge on any atom is 0.240 e. The fourth-order valence-corrected chi connectivity index (χ4v) is 3.59. The standard InChI is InChI=1S/C11H17FN2O2S2/c1-7-4-9(5-10(13)11(7)12)18(15,16)14-8(2)6-17-3/h4-5,8,14H,6,13H2,1-3H3. The Hall–Kier alpha value is -0.790. The van der Waals surface area contributed by atoms with E-state index in [1.54, 1.807) is 18.7 Å². The van der Waals surface area contributed by atoms with E-state index in [9.17, 15) is 12.8 Å². The summed E-state index contributed by atoms with van der Waals surface area (Å²) in [6, 6.07) is 2.22. The first-order valence-corrected chi connectivity index (χ1v) is 8.22. The molecule has 0 aliphatic carbocycles. The van der Waals surface area contributed by atoms with Crippen molar-refractivity contribution >= 4 is 27.5 Å². The highest BCUT2D eigenvalue weighted by Gasteiger charge is 2.19. The van der Waals surface area contributed by atoms with Crippen LogP contribution in [0, 0.1) is 12.7 Å². The predicted octanol–water partition coefficient (Wildman–Crippen LogP) is 1.75. The zero-order chi connectivity index (χ0) is 13.9. The van der Waals surface area contributed by atoms with Crippen LogP contribution in [0.2, 0.25) is 0 Å². The lowest BCUT2D eigenvalue weighted by Gasteiger charge is -2.14. The van der Waals surface area contributed by atoms with E-state index in [0.29, 0.717) is 5.75 Å². The topological polar surface area (TPSA) is 72.2 Å². The average molecular weight is 292 g/mol. The van der Waals surface area contributed by atoms with Crippen molar-refractivity contribution in [2.45, 2.75) is 24.8 Å². The number of halogens is 1. The van der Waals surface area contributed by atoms with Gasteiger partial charge in [0, 0.05) is 11.8 Å². The van der Waals surface area contributed by atoms with Gasteiger partial charge in [-0.25, -0.2) is 17.5 Å². The smallest absolute Gasteiger partial charge is 0.240 e. The van der Waals surface area contributed by atoms with E-state index in [0.717, 1.165) is 6.07 Å². The molecular weight excluding hydrogens is 275 g/mol. The van der Waals surface area contributed by atoms with Gasteiger partial charge in [-0.1, -0.05) is 0 Å². The molecule has 3 N–H and O–H groups in total. The molecule has 1 aromatic carbocycles. The minimum absolute atomic E-state index is 0.00754. The molecule has 0 amide bonds. The number of benzene rings is 1. The van der Waals surface area contributed by atoms with Crippen LogP contribution in [0.25, 0.3) is 0 Å². The Balaban J connectivity index is 3.06. The first-order chi connectivity index (χ1) is 8.27. The van der Waals surface area contributed by atoms with E-state index in [1.807, 2.05) is 6.26 Å². The van der Waals surface area contributed by atoms with Crippen LogP contribution < -0.4 is 10.5 Å². The number of nitrogens with two attached hydrogens (primary N) is 1. The molecule has 0 aliphatic rings. The number of anilines is 1. The fraction of sp³-hybridized carbons (Fsp3) is 0.455. The van der Waals surface area contributed by atoms with Crippen molar-refractivity contribution in [3.05, 3.63) is 23.5 Å². The second-order valence-corrected chi connectivity index (χ2v) is 6.75. The third-order valence-corrected chi connectivity index (χ3v) is 4.74. The Labute approximate surface area is 111 Å². The second kappa shape index (κ2) is 5.90. The van der Waals surface area contributed by atoms with Gasteiger partial charge in [0.15, 0.2) is 0 Å². The molecule has 1 atom stereocenters. The highest BCUT2D eigenvalue weighted by Crippen LogP contribution is 2.21. The quantitative estimate of drug-likeness (QED) is 0.811. The van der Waals surface area contributed by atoms with Crippen molar-refractivity contribution in [3.8, 4) is 0 Å². The Morgan fingerprint density at radius 1 is 1.50 bits per heavy atom. The first-order valence-electron chi connectivity index (χ1n) is 5.35. The molecule has 0 saturated heterocycles. The van der Waals surface area contributed by atoms with Gasteiger partial charge in [0.05, 0.1) is 10.6 Å². The summed E-state index contributed by atoms with van der Waals surface area (Å²) >= 11 is 1.54. The molecule has 0 fully saturated rings. The van der Waals surface area contributed by atoms with Gasteiger partial charge in [0.1, 0.15) is 5.82 Å². The predicted molar refractivity (Wildman–Crippen MR) is 73.7 cm³/mol. The van der Waals surface area contributed by atoms with Gasteiger partial charge in [-0.05, 0) is 37.8 Å². The van der Waals surface area contributed by atoms with Crippen LogP contribution in [0.15, 0.2) is 17.0 Å². The van der Waals surface area contributed by atoms with Crippen molar-refractivity contribution in [1.29, 1.82) is 0 Å². The lowest BCUT2D eigenvalue weighted by molar-refractivity contribution is 0.570. The second-order valence-electron chi connectivity index (χ2n) is 4.12. The molecule has 1 rings (SSSR count). The lowest BCUT2D eigenvalue weighted by atomic mass is 10.2. The average Bonchev–Trinajstić information content (AvgIpc) is 2.24. The fourth-order valence-electron chi connectivity index (χ4n) is 1.53. The number of aryl methyl sites for hydroxylation is 1. The van der Waals surface area contributed by atoms with Crippen LogP contribution in [-0.4, -0.2) is 26.5 Å². The molecule has 1 aromatic rings. The van der Waals surface area contributed by atoms with Crippen molar-refractivity contribution in [2.24, 2.45) is 0 Å². The molecule has 0 heterocycles. The van der Waals surface area contributed by atoms with Gasteiger partial charge >= 0.3 is 0 Å². The zero-order valence-corrected chi connectivity index (χ0v) is 12.2. The Bertz CT molecular complexity index is 509. The van der Waals surface area contributed by atoms with Crippen molar-refractivity contribution in [1.82, 2.24) is 4.72 Å². The van der Waals surface area contributed by atoms with Gasteiger partial charge in [0.25, 0.3) is 0 Å². The van der Waals surface area contributed by atoms with E-state index in [1.165, 1.54) is 13.0 Å². The Morgan fingerprint density at radius 3 is 2.61 bits per heavy atom. The summed E-state index contributed by atoms with van der Waals surface area (Å²) < 4.78 is 39.9. The molecule has 18 heavy (non-hydrogen) atoms. The van der Waals surface area contributed by atoms with E-state index < -0.39 is 15.8 Å². The lowest BCUT2D eigenvalue weighted by Crippen LogP contribution is -2.34. The molecule has 0 bridgehead atoms. The zero-order valence-electron chi connectivity index (χ0n) is 10.5. The van der Waals surface area contributed by atoms with Gasteiger partial charge < -0.3 is 5.73 Å². The molecule has 7 heteroatoms. The Kier molecular flexibility index (Phi) is 5.01. The SMILES string of the molecule is CSCC(C)NS(=O)(=O)c1cc(C)c(F)c(N)c1. The maximum atomic E-state index is 13.3. The number of sulfonamides is 1. The number of hydrogen-bond donors (Lipinski definition) is 2. The summed E-state index contributed by atoms with van der Waals surface area (Å²) in [5.41, 5.74) is 5.49. The normalized spacial score (nSPS) is 13.6. The first kappa shape index (κ1) is 15.3. The summed E-state index contributed by atoms with van der Waals surface area (Å²) in [6.07, 6.45) is 1.89. The minimum atomic E-state index is -3.65. The van der Waals surface area contributed by atoms with Crippen molar-refractivity contribution in [2.75, 3.05) is 17.7 Å². The van der Waals surface area contributed by atoms with Crippen LogP contribution in [0.5, 0.6) is 0 Å². The Morgan fingerprint density at radius 2 is 2.11 bits per heavy atom. The summed E-state index contributed by atoms with van der Waals surface area (Å²) in [5.74, 6) is 0.0839. The van der Waals surface area contributed by atoms with E-state index in [-0.39, 0.29) is 22.2 Å². The van der Waals surface area contributed by atoms with E-state index in [2.05, 4.69) is 4.72 Å². The molecule has 1 unspecified atom stereocenters. The monoisotopic (exact) mass is 292 g/mol. The number of nitrogens with one attached hydrogen (secondary N) is 1. The van der Waals surface area contributed by atoms with E-state index in [4.69, 9.17) is 5.73 Å². The van der Waals surface area contributed by atoms with Crippen LogP contribution >= 0.6 is 11.8 Å². The van der Waals surface area contributed by atoms with Gasteiger partial charge in [-0.15, -0.1) is 0 Å². The van der Waals surface area contributed by atoms with Crippen LogP contribution in [0.4, 0.5) is 10.1 Å². The largest absolute Gasteiger partial charge is 0.396 e. The highest BCUT2D eigenvalue weighted by molar-refractivity contribution is 7.98. The van der Waals surface area contributed by atoms with Gasteiger partial charge in [-0.2, -0.15) is 11.8 Å². The molecule has 0 aliphatic heterocycles. The number of hydrogen-bond acceptors (Lipinski definition) is 4. The van der Waals surface area contributed by atoms with Gasteiger partial charge in [-0.3, -0.25) is 0 Å². The summed E-state index contributed by atoms with van der Waals surface area (Å²) in [5, 5.41) is 0. The summed E-state index contributed by atoms with van der Waals surface area (Å²) in [4.78, 5) is -0.00754. The van der Waals surface area contributed by atoms with Crippen LogP contribution in [0.3, 0.4) is 0 Å². The summed E-state index contributed by atoms with van der Waals surface area (Å²) in [6.45, 7) is 3.25. The molecule has 0 aromatic heterocycles. The molecule has 0 radical (unpaired) electrons. The third-order valence-electron chi connectivity index (χ3n) is 2.34. The van der Waals surface area contributed by atoms with E-state index >= 15 is 0 Å². The van der Waals surface area contributed by atoms with Crippen molar-refractivity contribution in [3.63, 3.8) is 0 Å². The number of thioether (sulfide) groups is 1. The number of nitrogen functional groups attached to an aromatic ring is 1. The molecular formula is C11H17FN2O2S2. The number of rotatable bonds is 5. The van der Waals surface area contributed by atoms with Crippen LogP contribution in [-0.2, 0) is 10.0 Å². The molecule has 0 saturated carbocycles. The maximum absolute atomic E-state index is 13.3. The highest BCUT2D eigenvalue weighted by atomic mass is 32.2. The third kappa shape index (κ3) is 3.60. The minimum Gasteiger partial charge on any atom is -0.396 e.